The highest BCUT2D eigenvalue weighted by atomic mass is 35.5. The number of likely N-dealkylation sites (tertiary alicyclic amines) is 1. The summed E-state index contributed by atoms with van der Waals surface area (Å²) in [7, 11) is 0. The van der Waals surface area contributed by atoms with Crippen molar-refractivity contribution in [3.63, 3.8) is 0 Å². The van der Waals surface area contributed by atoms with E-state index in [0.29, 0.717) is 0 Å². The molecular weight excluding hydrogens is 428 g/mol. The van der Waals surface area contributed by atoms with Crippen molar-refractivity contribution < 1.29 is 4.79 Å². The van der Waals surface area contributed by atoms with Crippen LogP contribution in [0.5, 0.6) is 0 Å². The van der Waals surface area contributed by atoms with Gasteiger partial charge in [-0.05, 0) is 70.9 Å². The quantitative estimate of drug-likeness (QED) is 0.398. The lowest BCUT2D eigenvalue weighted by molar-refractivity contribution is -0.111. The summed E-state index contributed by atoms with van der Waals surface area (Å²) in [5.41, 5.74) is 5.27. The minimum atomic E-state index is -0.144. The fourth-order valence-electron chi connectivity index (χ4n) is 4.66. The van der Waals surface area contributed by atoms with Gasteiger partial charge in [-0.1, -0.05) is 74.0 Å². The smallest absolute Gasteiger partial charge is 0.248 e. The van der Waals surface area contributed by atoms with Gasteiger partial charge in [-0.2, -0.15) is 0 Å². The summed E-state index contributed by atoms with van der Waals surface area (Å²) in [6.45, 7) is 8.02. The van der Waals surface area contributed by atoms with E-state index in [-0.39, 0.29) is 5.91 Å². The highest BCUT2D eigenvalue weighted by Crippen LogP contribution is 2.24. The van der Waals surface area contributed by atoms with Crippen LogP contribution in [0.3, 0.4) is 0 Å². The molecule has 1 heterocycles. The number of carbonyl (C=O) groups excluding carboxylic acids is 1. The zero-order valence-corrected chi connectivity index (χ0v) is 20.1. The molecule has 1 amide bonds. The number of anilines is 1. The van der Waals surface area contributed by atoms with Gasteiger partial charge in [0.2, 0.25) is 5.91 Å². The third-order valence-corrected chi connectivity index (χ3v) is 6.34. The molecule has 33 heavy (non-hydrogen) atoms. The number of carbonyl (C=O) groups is 1. The van der Waals surface area contributed by atoms with Gasteiger partial charge in [0.05, 0.1) is 0 Å². The molecule has 0 aliphatic carbocycles. The fourth-order valence-corrected chi connectivity index (χ4v) is 4.78. The minimum absolute atomic E-state index is 0.144. The van der Waals surface area contributed by atoms with Gasteiger partial charge in [0, 0.05) is 36.4 Å². The molecule has 0 radical (unpaired) electrons. The molecule has 2 atom stereocenters. The number of hydrogen-bond acceptors (Lipinski definition) is 2. The normalized spacial score (nSPS) is 19.0. The summed E-state index contributed by atoms with van der Waals surface area (Å²) in [6.07, 6.45) is 4.76. The van der Waals surface area contributed by atoms with Crippen LogP contribution in [0.25, 0.3) is 17.2 Å². The van der Waals surface area contributed by atoms with E-state index in [1.54, 1.807) is 6.08 Å². The van der Waals surface area contributed by atoms with Gasteiger partial charge in [-0.25, -0.2) is 0 Å². The highest BCUT2D eigenvalue weighted by Gasteiger charge is 2.21. The lowest BCUT2D eigenvalue weighted by Crippen LogP contribution is -2.38. The second-order valence-electron chi connectivity index (χ2n) is 9.29. The molecule has 1 aliphatic heterocycles. The molecule has 0 bridgehead atoms. The summed E-state index contributed by atoms with van der Waals surface area (Å²) in [6, 6.07) is 24.0. The monoisotopic (exact) mass is 458 g/mol. The molecule has 3 aromatic rings. The zero-order chi connectivity index (χ0) is 23.2. The second kappa shape index (κ2) is 10.8. The number of rotatable bonds is 6. The largest absolute Gasteiger partial charge is 0.323 e. The van der Waals surface area contributed by atoms with E-state index in [0.717, 1.165) is 45.8 Å². The Kier molecular flexibility index (Phi) is 7.64. The summed E-state index contributed by atoms with van der Waals surface area (Å²) in [5.74, 6) is 1.39. The Balaban J connectivity index is 1.29. The van der Waals surface area contributed by atoms with Crippen LogP contribution >= 0.6 is 11.6 Å². The Morgan fingerprint density at radius 2 is 1.48 bits per heavy atom. The molecule has 3 nitrogen and oxygen atoms in total. The third-order valence-electron chi connectivity index (χ3n) is 6.09. The van der Waals surface area contributed by atoms with Gasteiger partial charge in [0.15, 0.2) is 0 Å². The van der Waals surface area contributed by atoms with Crippen LogP contribution in [0.15, 0.2) is 78.9 Å². The molecule has 1 aliphatic rings. The Labute approximate surface area is 202 Å². The van der Waals surface area contributed by atoms with E-state index in [2.05, 4.69) is 48.3 Å². The minimum Gasteiger partial charge on any atom is -0.323 e. The predicted octanol–water partition coefficient (Wildman–Crippen LogP) is 7.14. The van der Waals surface area contributed by atoms with E-state index >= 15 is 0 Å². The van der Waals surface area contributed by atoms with Crippen molar-refractivity contribution in [1.29, 1.82) is 0 Å². The lowest BCUT2D eigenvalue weighted by Gasteiger charge is -2.35. The van der Waals surface area contributed by atoms with E-state index < -0.39 is 0 Å². The van der Waals surface area contributed by atoms with Crippen LogP contribution < -0.4 is 5.32 Å². The third kappa shape index (κ3) is 6.80. The van der Waals surface area contributed by atoms with Crippen LogP contribution in [0.2, 0.25) is 5.02 Å². The standard InChI is InChI=1S/C29H31ClN2O/c1-21-17-22(2)19-32(18-21)20-24-5-3-23(4-6-24)7-16-29(33)31-28-14-10-26(11-15-28)25-8-12-27(30)13-9-25/h3-16,21-22H,17-20H2,1-2H3,(H,31,33). The van der Waals surface area contributed by atoms with Gasteiger partial charge >= 0.3 is 0 Å². The van der Waals surface area contributed by atoms with Gasteiger partial charge in [0.25, 0.3) is 0 Å². The van der Waals surface area contributed by atoms with Crippen molar-refractivity contribution in [3.8, 4) is 11.1 Å². The number of benzene rings is 3. The first-order chi connectivity index (χ1) is 15.9. The van der Waals surface area contributed by atoms with E-state index in [4.69, 9.17) is 11.6 Å². The molecule has 1 fully saturated rings. The van der Waals surface area contributed by atoms with E-state index in [1.165, 1.54) is 25.1 Å². The molecule has 170 valence electrons. The average molecular weight is 459 g/mol. The maximum atomic E-state index is 12.4. The molecule has 3 aromatic carbocycles. The Bertz CT molecular complexity index is 1080. The van der Waals surface area contributed by atoms with Crippen LogP contribution in [0, 0.1) is 11.8 Å². The number of halogens is 1. The van der Waals surface area contributed by atoms with Crippen molar-refractivity contribution in [2.24, 2.45) is 11.8 Å². The van der Waals surface area contributed by atoms with Gasteiger partial charge < -0.3 is 5.32 Å². The molecule has 0 aromatic heterocycles. The Morgan fingerprint density at radius 1 is 0.909 bits per heavy atom. The first-order valence-corrected chi connectivity index (χ1v) is 12.0. The van der Waals surface area contributed by atoms with Crippen LogP contribution in [-0.4, -0.2) is 23.9 Å². The fraction of sp³-hybridized carbons (Fsp3) is 0.276. The first-order valence-electron chi connectivity index (χ1n) is 11.6. The van der Waals surface area contributed by atoms with Crippen molar-refractivity contribution in [2.45, 2.75) is 26.8 Å². The maximum absolute atomic E-state index is 12.4. The van der Waals surface area contributed by atoms with Crippen molar-refractivity contribution in [1.82, 2.24) is 4.90 Å². The number of amides is 1. The average Bonchev–Trinajstić information content (AvgIpc) is 2.79. The van der Waals surface area contributed by atoms with Gasteiger partial charge in [0.1, 0.15) is 0 Å². The SMILES string of the molecule is CC1CC(C)CN(Cc2ccc(C=CC(=O)Nc3ccc(-c4ccc(Cl)cc4)cc3)cc2)C1. The zero-order valence-electron chi connectivity index (χ0n) is 19.3. The van der Waals surface area contributed by atoms with Crippen molar-refractivity contribution in [2.75, 3.05) is 18.4 Å². The van der Waals surface area contributed by atoms with E-state index in [9.17, 15) is 4.79 Å². The summed E-state index contributed by atoms with van der Waals surface area (Å²) in [5, 5.41) is 3.64. The van der Waals surface area contributed by atoms with Crippen LogP contribution in [0.1, 0.15) is 31.4 Å². The van der Waals surface area contributed by atoms with Crippen molar-refractivity contribution in [3.05, 3.63) is 95.0 Å². The van der Waals surface area contributed by atoms with Crippen LogP contribution in [0.4, 0.5) is 5.69 Å². The van der Waals surface area contributed by atoms with Crippen molar-refractivity contribution >= 4 is 29.3 Å². The second-order valence-corrected chi connectivity index (χ2v) is 9.72. The highest BCUT2D eigenvalue weighted by molar-refractivity contribution is 6.30. The predicted molar refractivity (Wildman–Crippen MR) is 139 cm³/mol. The van der Waals surface area contributed by atoms with E-state index in [1.807, 2.05) is 54.6 Å². The summed E-state index contributed by atoms with van der Waals surface area (Å²) < 4.78 is 0. The molecule has 1 saturated heterocycles. The Hall–Kier alpha value is -2.88. The van der Waals surface area contributed by atoms with Gasteiger partial charge in [-0.15, -0.1) is 0 Å². The molecule has 4 rings (SSSR count). The van der Waals surface area contributed by atoms with Gasteiger partial charge in [-0.3, -0.25) is 9.69 Å². The lowest BCUT2D eigenvalue weighted by atomic mass is 9.91. The Morgan fingerprint density at radius 3 is 2.09 bits per heavy atom. The number of nitrogens with zero attached hydrogens (tertiary/aromatic N) is 1. The maximum Gasteiger partial charge on any atom is 0.248 e. The summed E-state index contributed by atoms with van der Waals surface area (Å²) in [4.78, 5) is 14.9. The molecule has 0 saturated carbocycles. The molecular formula is C29H31ClN2O. The number of piperidine rings is 1. The number of hydrogen-bond donors (Lipinski definition) is 1. The van der Waals surface area contributed by atoms with Crippen LogP contribution in [-0.2, 0) is 11.3 Å². The molecule has 0 spiro atoms. The number of nitrogens with one attached hydrogen (secondary N) is 1. The molecule has 1 N–H and O–H groups in total. The molecule has 2 unspecified atom stereocenters. The molecule has 4 heteroatoms. The first kappa shape index (κ1) is 23.3. The topological polar surface area (TPSA) is 32.3 Å². The summed E-state index contributed by atoms with van der Waals surface area (Å²) >= 11 is 5.96.